The smallest absolute Gasteiger partial charge is 0.191 e. The number of nitrogens with one attached hydrogen (secondary N) is 2. The van der Waals surface area contributed by atoms with Gasteiger partial charge in [0, 0.05) is 38.0 Å². The van der Waals surface area contributed by atoms with Gasteiger partial charge in [0.1, 0.15) is 12.4 Å². The van der Waals surface area contributed by atoms with E-state index in [-0.39, 0.29) is 24.0 Å². The third kappa shape index (κ3) is 9.93. The highest BCUT2D eigenvalue weighted by molar-refractivity contribution is 14.0. The number of hydrogen-bond acceptors (Lipinski definition) is 4. The molecular weight excluding hydrogens is 423 g/mol. The van der Waals surface area contributed by atoms with Gasteiger partial charge in [0.05, 0.1) is 0 Å². The average molecular weight is 452 g/mol. The summed E-state index contributed by atoms with van der Waals surface area (Å²) in [5, 5.41) is 6.61. The second-order valence-corrected chi connectivity index (χ2v) is 6.09. The number of thioether (sulfide) groups is 1. The lowest BCUT2D eigenvalue weighted by Gasteiger charge is -2.16. The van der Waals surface area contributed by atoms with Crippen molar-refractivity contribution in [2.45, 2.75) is 6.54 Å². The van der Waals surface area contributed by atoms with Gasteiger partial charge in [-0.2, -0.15) is 11.8 Å². The molecule has 23 heavy (non-hydrogen) atoms. The SMILES string of the molecule is CN=C(NCCSC)NCc1ccccc1OCCN(C)C.I. The summed E-state index contributed by atoms with van der Waals surface area (Å²) in [6.07, 6.45) is 2.10. The summed E-state index contributed by atoms with van der Waals surface area (Å²) in [7, 11) is 5.87. The van der Waals surface area contributed by atoms with Crippen LogP contribution >= 0.6 is 35.7 Å². The number of para-hydroxylation sites is 1. The van der Waals surface area contributed by atoms with E-state index in [0.29, 0.717) is 13.2 Å². The van der Waals surface area contributed by atoms with E-state index in [1.54, 1.807) is 7.05 Å². The first-order valence-corrected chi connectivity index (χ1v) is 8.85. The third-order valence-corrected chi connectivity index (χ3v) is 3.65. The van der Waals surface area contributed by atoms with Crippen molar-refractivity contribution in [2.24, 2.45) is 4.99 Å². The van der Waals surface area contributed by atoms with E-state index in [9.17, 15) is 0 Å². The molecule has 0 amide bonds. The van der Waals surface area contributed by atoms with Gasteiger partial charge in [0.2, 0.25) is 0 Å². The molecule has 1 aromatic rings. The van der Waals surface area contributed by atoms with E-state index in [1.807, 2.05) is 44.1 Å². The van der Waals surface area contributed by atoms with E-state index < -0.39 is 0 Å². The lowest BCUT2D eigenvalue weighted by Crippen LogP contribution is -2.38. The Hall–Kier alpha value is -0.670. The summed E-state index contributed by atoms with van der Waals surface area (Å²) in [6, 6.07) is 8.11. The van der Waals surface area contributed by atoms with Gasteiger partial charge in [-0.1, -0.05) is 18.2 Å². The summed E-state index contributed by atoms with van der Waals surface area (Å²) in [5.41, 5.74) is 1.13. The molecule has 0 aliphatic heterocycles. The minimum absolute atomic E-state index is 0. The fourth-order valence-corrected chi connectivity index (χ4v) is 2.11. The lowest BCUT2D eigenvalue weighted by molar-refractivity contribution is 0.259. The Morgan fingerprint density at radius 3 is 2.65 bits per heavy atom. The molecule has 0 aliphatic rings. The molecule has 2 N–H and O–H groups in total. The van der Waals surface area contributed by atoms with Crippen molar-refractivity contribution >= 4 is 41.7 Å². The predicted octanol–water partition coefficient (Wildman–Crippen LogP) is 2.27. The number of halogens is 1. The summed E-state index contributed by atoms with van der Waals surface area (Å²) in [4.78, 5) is 6.34. The molecule has 132 valence electrons. The van der Waals surface area contributed by atoms with Gasteiger partial charge in [-0.25, -0.2) is 0 Å². The Morgan fingerprint density at radius 1 is 1.26 bits per heavy atom. The number of rotatable bonds is 9. The van der Waals surface area contributed by atoms with Crippen molar-refractivity contribution in [3.63, 3.8) is 0 Å². The zero-order valence-corrected chi connectivity index (χ0v) is 17.6. The Balaban J connectivity index is 0.00000484. The van der Waals surface area contributed by atoms with Crippen molar-refractivity contribution in [1.29, 1.82) is 0 Å². The number of benzene rings is 1. The largest absolute Gasteiger partial charge is 0.492 e. The molecule has 0 radical (unpaired) electrons. The molecule has 7 heteroatoms. The van der Waals surface area contributed by atoms with E-state index in [0.717, 1.165) is 36.1 Å². The molecule has 0 aromatic heterocycles. The molecule has 0 heterocycles. The Morgan fingerprint density at radius 2 is 2.00 bits per heavy atom. The minimum atomic E-state index is 0. The highest BCUT2D eigenvalue weighted by Gasteiger charge is 2.04. The van der Waals surface area contributed by atoms with E-state index in [2.05, 4.69) is 32.8 Å². The van der Waals surface area contributed by atoms with Crippen LogP contribution in [0.25, 0.3) is 0 Å². The zero-order chi connectivity index (χ0) is 16.2. The lowest BCUT2D eigenvalue weighted by atomic mass is 10.2. The number of ether oxygens (including phenoxy) is 1. The Bertz CT molecular complexity index is 457. The number of hydrogen-bond donors (Lipinski definition) is 2. The first-order chi connectivity index (χ1) is 10.7. The Kier molecular flexibility index (Phi) is 13.3. The van der Waals surface area contributed by atoms with Gasteiger partial charge in [-0.15, -0.1) is 24.0 Å². The summed E-state index contributed by atoms with van der Waals surface area (Å²) < 4.78 is 5.87. The van der Waals surface area contributed by atoms with Crippen LogP contribution in [-0.2, 0) is 6.54 Å². The van der Waals surface area contributed by atoms with E-state index in [1.165, 1.54) is 0 Å². The van der Waals surface area contributed by atoms with Gasteiger partial charge in [0.15, 0.2) is 5.96 Å². The van der Waals surface area contributed by atoms with Crippen LogP contribution in [-0.4, -0.2) is 63.7 Å². The van der Waals surface area contributed by atoms with Crippen LogP contribution in [0.15, 0.2) is 29.3 Å². The third-order valence-electron chi connectivity index (χ3n) is 3.04. The second-order valence-electron chi connectivity index (χ2n) is 5.10. The number of aliphatic imine (C=N–C) groups is 1. The van der Waals surface area contributed by atoms with Crippen molar-refractivity contribution in [3.05, 3.63) is 29.8 Å². The van der Waals surface area contributed by atoms with Crippen molar-refractivity contribution in [3.8, 4) is 5.75 Å². The van der Waals surface area contributed by atoms with Crippen LogP contribution in [0.2, 0.25) is 0 Å². The normalized spacial score (nSPS) is 11.1. The summed E-state index contributed by atoms with van der Waals surface area (Å²) in [5.74, 6) is 2.80. The van der Waals surface area contributed by atoms with Crippen LogP contribution < -0.4 is 15.4 Å². The van der Waals surface area contributed by atoms with Crippen LogP contribution in [0.3, 0.4) is 0 Å². The van der Waals surface area contributed by atoms with Crippen LogP contribution in [0.5, 0.6) is 5.75 Å². The molecule has 1 aromatic carbocycles. The molecule has 1 rings (SSSR count). The highest BCUT2D eigenvalue weighted by atomic mass is 127. The van der Waals surface area contributed by atoms with Gasteiger partial charge in [0.25, 0.3) is 0 Å². The molecule has 0 atom stereocenters. The monoisotopic (exact) mass is 452 g/mol. The minimum Gasteiger partial charge on any atom is -0.492 e. The maximum absolute atomic E-state index is 5.87. The molecule has 0 spiro atoms. The fourth-order valence-electron chi connectivity index (χ4n) is 1.80. The fraction of sp³-hybridized carbons (Fsp3) is 0.562. The zero-order valence-electron chi connectivity index (χ0n) is 14.5. The standard InChI is InChI=1S/C16H28N4OS.HI/c1-17-16(18-9-12-22-4)19-13-14-7-5-6-8-15(14)21-11-10-20(2)3;/h5-8H,9-13H2,1-4H3,(H2,17,18,19);1H. The molecule has 0 bridgehead atoms. The molecule has 0 saturated heterocycles. The maximum atomic E-state index is 5.87. The highest BCUT2D eigenvalue weighted by Crippen LogP contribution is 2.17. The topological polar surface area (TPSA) is 48.9 Å². The van der Waals surface area contributed by atoms with Crippen LogP contribution in [0.4, 0.5) is 0 Å². The summed E-state index contributed by atoms with van der Waals surface area (Å²) in [6.45, 7) is 3.18. The maximum Gasteiger partial charge on any atom is 0.191 e. The molecule has 5 nitrogen and oxygen atoms in total. The average Bonchev–Trinajstić information content (AvgIpc) is 2.51. The Labute approximate surface area is 161 Å². The number of likely N-dealkylation sites (N-methyl/N-ethyl adjacent to an activating group) is 1. The molecule has 0 aliphatic carbocycles. The van der Waals surface area contributed by atoms with Crippen LogP contribution in [0, 0.1) is 0 Å². The van der Waals surface area contributed by atoms with Gasteiger partial charge >= 0.3 is 0 Å². The number of guanidine groups is 1. The van der Waals surface area contributed by atoms with Gasteiger partial charge in [-0.3, -0.25) is 4.99 Å². The predicted molar refractivity (Wildman–Crippen MR) is 112 cm³/mol. The van der Waals surface area contributed by atoms with Gasteiger partial charge in [-0.05, 0) is 26.4 Å². The molecular formula is C16H29IN4OS. The molecule has 0 fully saturated rings. The second kappa shape index (κ2) is 13.7. The molecule has 0 unspecified atom stereocenters. The van der Waals surface area contributed by atoms with Gasteiger partial charge < -0.3 is 20.3 Å². The summed E-state index contributed by atoms with van der Waals surface area (Å²) >= 11 is 1.81. The quantitative estimate of drug-likeness (QED) is 0.261. The molecule has 0 saturated carbocycles. The first-order valence-electron chi connectivity index (χ1n) is 7.46. The van der Waals surface area contributed by atoms with Crippen molar-refractivity contribution < 1.29 is 4.74 Å². The van der Waals surface area contributed by atoms with Crippen LogP contribution in [0.1, 0.15) is 5.56 Å². The first kappa shape index (κ1) is 22.3. The number of nitrogens with zero attached hydrogens (tertiary/aromatic N) is 2. The van der Waals surface area contributed by atoms with E-state index in [4.69, 9.17) is 4.74 Å². The van der Waals surface area contributed by atoms with Crippen molar-refractivity contribution in [2.75, 3.05) is 52.8 Å². The van der Waals surface area contributed by atoms with E-state index >= 15 is 0 Å². The van der Waals surface area contributed by atoms with Crippen molar-refractivity contribution in [1.82, 2.24) is 15.5 Å².